The van der Waals surface area contributed by atoms with Gasteiger partial charge in [-0.3, -0.25) is 0 Å². The van der Waals surface area contributed by atoms with Crippen molar-refractivity contribution < 1.29 is 19.3 Å². The van der Waals surface area contributed by atoms with Gasteiger partial charge in [-0.1, -0.05) is 0 Å². The summed E-state index contributed by atoms with van der Waals surface area (Å²) in [6.07, 6.45) is 0. The molecule has 5 heteroatoms. The highest BCUT2D eigenvalue weighted by atomic mass is 16.7. The minimum atomic E-state index is -0.136. The summed E-state index contributed by atoms with van der Waals surface area (Å²) in [7, 11) is 3.37. The largest absolute Gasteiger partial charge is 0.493 e. The second kappa shape index (κ2) is 4.59. The fourth-order valence-corrected chi connectivity index (χ4v) is 1.71. The lowest BCUT2D eigenvalue weighted by atomic mass is 10.1. The Morgan fingerprint density at radius 1 is 1.50 bits per heavy atom. The molecule has 1 aliphatic rings. The lowest BCUT2D eigenvalue weighted by Gasteiger charge is -2.15. The van der Waals surface area contributed by atoms with E-state index in [-0.39, 0.29) is 19.4 Å². The number of ether oxygens (including phenoxy) is 3. The van der Waals surface area contributed by atoms with Crippen molar-refractivity contribution in [3.63, 3.8) is 0 Å². The first kappa shape index (κ1) is 11.0. The van der Waals surface area contributed by atoms with Crippen molar-refractivity contribution in [1.82, 2.24) is 5.32 Å². The van der Waals surface area contributed by atoms with Gasteiger partial charge in [-0.15, -0.1) is 0 Å². The van der Waals surface area contributed by atoms with Crippen LogP contribution in [0.5, 0.6) is 17.2 Å². The number of aliphatic hydroxyl groups is 1. The summed E-state index contributed by atoms with van der Waals surface area (Å²) in [6, 6.07) is 3.55. The second-order valence-corrected chi connectivity index (χ2v) is 3.48. The summed E-state index contributed by atoms with van der Waals surface area (Å²) in [4.78, 5) is 0. The number of likely N-dealkylation sites (N-methyl/N-ethyl adjacent to an activating group) is 1. The number of rotatable bonds is 4. The Labute approximate surface area is 93.9 Å². The van der Waals surface area contributed by atoms with E-state index < -0.39 is 0 Å². The standard InChI is InChI=1S/C11H15NO4/c1-12-8(5-13)7-3-9(14-2)11-10(4-7)15-6-16-11/h3-4,8,12-13H,5-6H2,1-2H3. The van der Waals surface area contributed by atoms with Crippen LogP contribution in [-0.2, 0) is 0 Å². The number of hydrogen-bond acceptors (Lipinski definition) is 5. The highest BCUT2D eigenvalue weighted by molar-refractivity contribution is 5.55. The van der Waals surface area contributed by atoms with Gasteiger partial charge in [0.15, 0.2) is 11.5 Å². The first-order chi connectivity index (χ1) is 7.80. The van der Waals surface area contributed by atoms with Crippen LogP contribution < -0.4 is 19.5 Å². The number of benzene rings is 1. The summed E-state index contributed by atoms with van der Waals surface area (Å²) >= 11 is 0. The maximum absolute atomic E-state index is 9.22. The van der Waals surface area contributed by atoms with E-state index in [1.165, 1.54) is 0 Å². The average Bonchev–Trinajstić information content (AvgIpc) is 2.77. The van der Waals surface area contributed by atoms with Crippen molar-refractivity contribution in [1.29, 1.82) is 0 Å². The van der Waals surface area contributed by atoms with E-state index in [9.17, 15) is 5.11 Å². The number of aliphatic hydroxyl groups excluding tert-OH is 1. The zero-order valence-electron chi connectivity index (χ0n) is 9.32. The average molecular weight is 225 g/mol. The normalized spacial score (nSPS) is 14.9. The molecule has 0 radical (unpaired) electrons. The Hall–Kier alpha value is -1.46. The van der Waals surface area contributed by atoms with Gasteiger partial charge in [-0.25, -0.2) is 0 Å². The van der Waals surface area contributed by atoms with Gasteiger partial charge in [0, 0.05) is 0 Å². The molecule has 16 heavy (non-hydrogen) atoms. The summed E-state index contributed by atoms with van der Waals surface area (Å²) in [5, 5.41) is 12.2. The van der Waals surface area contributed by atoms with E-state index in [0.717, 1.165) is 5.56 Å². The van der Waals surface area contributed by atoms with Crippen LogP contribution in [0.3, 0.4) is 0 Å². The quantitative estimate of drug-likeness (QED) is 0.789. The van der Waals surface area contributed by atoms with Crippen LogP contribution in [0, 0.1) is 0 Å². The molecule has 1 aromatic rings. The van der Waals surface area contributed by atoms with Gasteiger partial charge < -0.3 is 24.6 Å². The summed E-state index contributed by atoms with van der Waals surface area (Å²) in [5.74, 6) is 1.90. The molecule has 0 bridgehead atoms. The van der Waals surface area contributed by atoms with E-state index in [1.54, 1.807) is 14.2 Å². The Morgan fingerprint density at radius 2 is 2.31 bits per heavy atom. The second-order valence-electron chi connectivity index (χ2n) is 3.48. The van der Waals surface area contributed by atoms with Gasteiger partial charge in [0.05, 0.1) is 19.8 Å². The zero-order valence-corrected chi connectivity index (χ0v) is 9.32. The smallest absolute Gasteiger partial charge is 0.231 e. The Balaban J connectivity index is 2.41. The molecule has 0 fully saturated rings. The fraction of sp³-hybridized carbons (Fsp3) is 0.455. The van der Waals surface area contributed by atoms with E-state index in [2.05, 4.69) is 5.32 Å². The molecule has 0 aliphatic carbocycles. The molecule has 1 aromatic carbocycles. The first-order valence-corrected chi connectivity index (χ1v) is 5.05. The van der Waals surface area contributed by atoms with Gasteiger partial charge >= 0.3 is 0 Å². The van der Waals surface area contributed by atoms with E-state index in [0.29, 0.717) is 17.2 Å². The van der Waals surface area contributed by atoms with E-state index in [1.807, 2.05) is 12.1 Å². The molecular weight excluding hydrogens is 210 g/mol. The number of hydrogen-bond donors (Lipinski definition) is 2. The van der Waals surface area contributed by atoms with Crippen molar-refractivity contribution >= 4 is 0 Å². The van der Waals surface area contributed by atoms with E-state index in [4.69, 9.17) is 14.2 Å². The van der Waals surface area contributed by atoms with Crippen molar-refractivity contribution in [3.8, 4) is 17.2 Å². The van der Waals surface area contributed by atoms with Crippen LogP contribution >= 0.6 is 0 Å². The molecule has 1 unspecified atom stereocenters. The Bertz CT molecular complexity index is 376. The van der Waals surface area contributed by atoms with Crippen LogP contribution in [0.1, 0.15) is 11.6 Å². The highest BCUT2D eigenvalue weighted by Crippen LogP contribution is 2.42. The highest BCUT2D eigenvalue weighted by Gasteiger charge is 2.22. The third kappa shape index (κ3) is 1.79. The number of nitrogens with one attached hydrogen (secondary N) is 1. The minimum Gasteiger partial charge on any atom is -0.493 e. The van der Waals surface area contributed by atoms with Crippen molar-refractivity contribution in [3.05, 3.63) is 17.7 Å². The monoisotopic (exact) mass is 225 g/mol. The Morgan fingerprint density at radius 3 is 2.94 bits per heavy atom. The molecule has 0 amide bonds. The van der Waals surface area contributed by atoms with Gasteiger partial charge in [-0.05, 0) is 24.7 Å². The lowest BCUT2D eigenvalue weighted by molar-refractivity contribution is 0.171. The molecule has 0 saturated carbocycles. The lowest BCUT2D eigenvalue weighted by Crippen LogP contribution is -2.19. The van der Waals surface area contributed by atoms with Gasteiger partial charge in [0.1, 0.15) is 0 Å². The van der Waals surface area contributed by atoms with Gasteiger partial charge in [-0.2, -0.15) is 0 Å². The van der Waals surface area contributed by atoms with Crippen LogP contribution in [0.2, 0.25) is 0 Å². The molecule has 88 valence electrons. The van der Waals surface area contributed by atoms with Gasteiger partial charge in [0.25, 0.3) is 0 Å². The predicted octanol–water partition coefficient (Wildman–Crippen LogP) is 0.677. The molecule has 2 rings (SSSR count). The Kier molecular flexibility index (Phi) is 3.17. The number of methoxy groups -OCH3 is 1. The molecule has 1 atom stereocenters. The molecule has 0 spiro atoms. The zero-order chi connectivity index (χ0) is 11.5. The fourth-order valence-electron chi connectivity index (χ4n) is 1.71. The minimum absolute atomic E-state index is 0.0132. The SMILES string of the molecule is CNC(CO)c1cc(OC)c2c(c1)OCO2. The summed E-state index contributed by atoms with van der Waals surface area (Å²) < 4.78 is 15.8. The topological polar surface area (TPSA) is 60.0 Å². The first-order valence-electron chi connectivity index (χ1n) is 5.05. The molecule has 1 heterocycles. The van der Waals surface area contributed by atoms with Crippen LogP contribution in [-0.4, -0.2) is 32.7 Å². The molecule has 0 saturated heterocycles. The van der Waals surface area contributed by atoms with Crippen LogP contribution in [0.25, 0.3) is 0 Å². The third-order valence-electron chi connectivity index (χ3n) is 2.61. The third-order valence-corrected chi connectivity index (χ3v) is 2.61. The van der Waals surface area contributed by atoms with Crippen molar-refractivity contribution in [2.75, 3.05) is 27.6 Å². The number of fused-ring (bicyclic) bond motifs is 1. The van der Waals surface area contributed by atoms with Gasteiger partial charge in [0.2, 0.25) is 12.5 Å². The van der Waals surface area contributed by atoms with E-state index >= 15 is 0 Å². The van der Waals surface area contributed by atoms with Crippen molar-refractivity contribution in [2.24, 2.45) is 0 Å². The molecule has 0 aromatic heterocycles. The van der Waals surface area contributed by atoms with Crippen molar-refractivity contribution in [2.45, 2.75) is 6.04 Å². The molecule has 1 aliphatic heterocycles. The van der Waals surface area contributed by atoms with Crippen LogP contribution in [0.15, 0.2) is 12.1 Å². The predicted molar refractivity (Wildman–Crippen MR) is 58.0 cm³/mol. The molecule has 5 nitrogen and oxygen atoms in total. The summed E-state index contributed by atoms with van der Waals surface area (Å²) in [6.45, 7) is 0.220. The van der Waals surface area contributed by atoms with Crippen LogP contribution in [0.4, 0.5) is 0 Å². The molecule has 2 N–H and O–H groups in total. The maximum Gasteiger partial charge on any atom is 0.231 e. The summed E-state index contributed by atoms with van der Waals surface area (Å²) in [5.41, 5.74) is 0.908. The molecular formula is C11H15NO4. The maximum atomic E-state index is 9.22.